The first-order valence-corrected chi connectivity index (χ1v) is 11.7. The molecular formula is C28H36O6. The van der Waals surface area contributed by atoms with Crippen molar-refractivity contribution in [2.24, 2.45) is 11.8 Å². The van der Waals surface area contributed by atoms with E-state index in [2.05, 4.69) is 20.8 Å². The van der Waals surface area contributed by atoms with Crippen LogP contribution in [-0.4, -0.2) is 27.4 Å². The van der Waals surface area contributed by atoms with Crippen molar-refractivity contribution in [3.05, 3.63) is 63.5 Å². The Morgan fingerprint density at radius 1 is 0.971 bits per heavy atom. The van der Waals surface area contributed by atoms with Gasteiger partial charge in [-0.25, -0.2) is 0 Å². The topological polar surface area (TPSA) is 67.1 Å². The molecule has 0 aliphatic heterocycles. The average molecular weight is 469 g/mol. The normalized spacial score (nSPS) is 13.2. The van der Waals surface area contributed by atoms with Crippen LogP contribution in [0.15, 0.2) is 45.6 Å². The second-order valence-corrected chi connectivity index (χ2v) is 9.03. The number of hydrogen-bond acceptors (Lipinski definition) is 6. The van der Waals surface area contributed by atoms with Crippen molar-refractivity contribution in [2.75, 3.05) is 21.3 Å². The van der Waals surface area contributed by atoms with E-state index in [1.165, 1.54) is 7.11 Å². The lowest BCUT2D eigenvalue weighted by molar-refractivity contribution is 0.0201. The number of ether oxygens (including phenoxy) is 4. The smallest absolute Gasteiger partial charge is 0.205 e. The summed E-state index contributed by atoms with van der Waals surface area (Å²) in [6.07, 6.45) is 1.58. The lowest BCUT2D eigenvalue weighted by atomic mass is 9.90. The predicted molar refractivity (Wildman–Crippen MR) is 134 cm³/mol. The maximum Gasteiger partial charge on any atom is 0.205 e. The van der Waals surface area contributed by atoms with Gasteiger partial charge >= 0.3 is 0 Å². The van der Waals surface area contributed by atoms with Gasteiger partial charge in [-0.15, -0.1) is 0 Å². The zero-order valence-electron chi connectivity index (χ0n) is 21.3. The van der Waals surface area contributed by atoms with Gasteiger partial charge in [-0.3, -0.25) is 4.79 Å². The molecule has 0 saturated carbocycles. The van der Waals surface area contributed by atoms with Crippen molar-refractivity contribution in [3.8, 4) is 17.2 Å². The van der Waals surface area contributed by atoms with E-state index in [0.29, 0.717) is 64.4 Å². The van der Waals surface area contributed by atoms with Gasteiger partial charge in [-0.05, 0) is 30.7 Å². The van der Waals surface area contributed by atoms with Crippen LogP contribution in [0.3, 0.4) is 0 Å². The van der Waals surface area contributed by atoms with Crippen molar-refractivity contribution < 1.29 is 23.4 Å². The summed E-state index contributed by atoms with van der Waals surface area (Å²) >= 11 is 0. The molecule has 34 heavy (non-hydrogen) atoms. The van der Waals surface area contributed by atoms with Gasteiger partial charge in [-0.2, -0.15) is 0 Å². The molecule has 0 aliphatic rings. The van der Waals surface area contributed by atoms with Crippen molar-refractivity contribution in [3.63, 3.8) is 0 Å². The van der Waals surface area contributed by atoms with Crippen molar-refractivity contribution in [1.82, 2.24) is 0 Å². The molecule has 0 saturated heterocycles. The number of hydrogen-bond donors (Lipinski definition) is 0. The summed E-state index contributed by atoms with van der Waals surface area (Å²) in [6, 6.07) is 11.5. The lowest BCUT2D eigenvalue weighted by Crippen LogP contribution is -2.26. The molecule has 3 aromatic rings. The number of fused-ring (bicyclic) bond motifs is 1. The van der Waals surface area contributed by atoms with Gasteiger partial charge in [0.2, 0.25) is 5.75 Å². The molecule has 6 nitrogen and oxygen atoms in total. The van der Waals surface area contributed by atoms with Gasteiger partial charge < -0.3 is 23.4 Å². The highest BCUT2D eigenvalue weighted by Crippen LogP contribution is 2.41. The second-order valence-electron chi connectivity index (χ2n) is 9.03. The minimum absolute atomic E-state index is 0.125. The van der Waals surface area contributed by atoms with Gasteiger partial charge in [0.05, 0.1) is 20.3 Å². The molecule has 0 N–H and O–H groups in total. The van der Waals surface area contributed by atoms with Crippen molar-refractivity contribution in [2.45, 2.75) is 53.2 Å². The molecular weight excluding hydrogens is 432 g/mol. The van der Waals surface area contributed by atoms with Crippen LogP contribution in [0.4, 0.5) is 0 Å². The van der Waals surface area contributed by atoms with Crippen LogP contribution < -0.4 is 19.6 Å². The second kappa shape index (κ2) is 11.4. The summed E-state index contributed by atoms with van der Waals surface area (Å²) < 4.78 is 29.3. The third kappa shape index (κ3) is 5.39. The molecule has 2 atom stereocenters. The molecule has 0 bridgehead atoms. The third-order valence-corrected chi connectivity index (χ3v) is 6.36. The molecule has 0 amide bonds. The van der Waals surface area contributed by atoms with Crippen LogP contribution in [0.1, 0.15) is 44.1 Å². The third-order valence-electron chi connectivity index (χ3n) is 6.36. The van der Waals surface area contributed by atoms with E-state index in [0.717, 1.165) is 12.0 Å². The summed E-state index contributed by atoms with van der Waals surface area (Å²) in [5, 5.41) is 0.359. The van der Waals surface area contributed by atoms with Gasteiger partial charge in [0.1, 0.15) is 23.5 Å². The number of aryl methyl sites for hydroxylation is 1. The SMILES string of the molecule is COc1cc(OC)c2c(=O)c(C)c(CC[C@H](C)[C@H](OC)C(C)C)oc2c1OCc1ccccc1. The highest BCUT2D eigenvalue weighted by Gasteiger charge is 2.25. The lowest BCUT2D eigenvalue weighted by Gasteiger charge is -2.26. The van der Waals surface area contributed by atoms with Crippen LogP contribution in [0.2, 0.25) is 0 Å². The van der Waals surface area contributed by atoms with E-state index in [9.17, 15) is 4.79 Å². The first-order chi connectivity index (χ1) is 16.3. The molecule has 3 rings (SSSR count). The summed E-state index contributed by atoms with van der Waals surface area (Å²) in [4.78, 5) is 13.4. The Labute approximate surface area is 201 Å². The quantitative estimate of drug-likeness (QED) is 0.347. The minimum atomic E-state index is -0.125. The largest absolute Gasteiger partial charge is 0.496 e. The molecule has 0 aliphatic carbocycles. The molecule has 1 aromatic heterocycles. The maximum atomic E-state index is 13.4. The minimum Gasteiger partial charge on any atom is -0.496 e. The number of methoxy groups -OCH3 is 3. The van der Waals surface area contributed by atoms with Crippen LogP contribution in [0, 0.1) is 18.8 Å². The highest BCUT2D eigenvalue weighted by molar-refractivity contribution is 5.91. The van der Waals surface area contributed by atoms with Crippen LogP contribution in [0.25, 0.3) is 11.0 Å². The van der Waals surface area contributed by atoms with Gasteiger partial charge in [0, 0.05) is 25.2 Å². The van der Waals surface area contributed by atoms with Gasteiger partial charge in [0.25, 0.3) is 0 Å². The first-order valence-electron chi connectivity index (χ1n) is 11.7. The molecule has 6 heteroatoms. The highest BCUT2D eigenvalue weighted by atomic mass is 16.5. The molecule has 0 fully saturated rings. The summed E-state index contributed by atoms with van der Waals surface area (Å²) in [7, 11) is 4.83. The fourth-order valence-corrected chi connectivity index (χ4v) is 4.52. The van der Waals surface area contributed by atoms with Crippen molar-refractivity contribution in [1.29, 1.82) is 0 Å². The summed E-state index contributed by atoms with van der Waals surface area (Å²) in [6.45, 7) is 8.59. The van der Waals surface area contributed by atoms with Crippen molar-refractivity contribution >= 4 is 11.0 Å². The van der Waals surface area contributed by atoms with E-state index in [1.54, 1.807) is 27.2 Å². The van der Waals surface area contributed by atoms with Crippen LogP contribution >= 0.6 is 0 Å². The van der Waals surface area contributed by atoms with E-state index < -0.39 is 0 Å². The number of rotatable bonds is 11. The Morgan fingerprint density at radius 3 is 2.24 bits per heavy atom. The summed E-state index contributed by atoms with van der Waals surface area (Å²) in [5.74, 6) is 2.59. The molecule has 0 radical (unpaired) electrons. The zero-order valence-corrected chi connectivity index (χ0v) is 21.3. The van der Waals surface area contributed by atoms with E-state index >= 15 is 0 Å². The molecule has 184 valence electrons. The molecule has 0 unspecified atom stereocenters. The predicted octanol–water partition coefficient (Wildman–Crippen LogP) is 5.94. The Balaban J connectivity index is 2.06. The average Bonchev–Trinajstić information content (AvgIpc) is 2.84. The van der Waals surface area contributed by atoms with Gasteiger partial charge in [-0.1, -0.05) is 51.1 Å². The van der Waals surface area contributed by atoms with Crippen LogP contribution in [0.5, 0.6) is 17.2 Å². The van der Waals surface area contributed by atoms with Crippen LogP contribution in [-0.2, 0) is 17.8 Å². The monoisotopic (exact) mass is 468 g/mol. The number of benzene rings is 2. The Kier molecular flexibility index (Phi) is 8.61. The Bertz CT molecular complexity index is 1150. The maximum absolute atomic E-state index is 13.4. The van der Waals surface area contributed by atoms with E-state index in [4.69, 9.17) is 23.4 Å². The van der Waals surface area contributed by atoms with E-state index in [-0.39, 0.29) is 11.5 Å². The molecule has 1 heterocycles. The molecule has 2 aromatic carbocycles. The molecule has 0 spiro atoms. The Hall–Kier alpha value is -2.99. The van der Waals surface area contributed by atoms with Gasteiger partial charge in [0.15, 0.2) is 16.8 Å². The van der Waals surface area contributed by atoms with E-state index in [1.807, 2.05) is 30.3 Å². The fourth-order valence-electron chi connectivity index (χ4n) is 4.52. The standard InChI is InChI=1S/C28H36O6/c1-17(2)26(32-7)18(3)13-14-21-19(4)25(29)24-22(30-5)15-23(31-6)27(28(24)34-21)33-16-20-11-9-8-10-12-20/h8-12,15,17-18,26H,13-14,16H2,1-7H3/t18-,26+/m0/s1. The Morgan fingerprint density at radius 2 is 1.65 bits per heavy atom. The zero-order chi connectivity index (χ0) is 24.8. The first kappa shape index (κ1) is 25.6. The summed E-state index contributed by atoms with van der Waals surface area (Å²) in [5.41, 5.74) is 1.80. The fraction of sp³-hybridized carbons (Fsp3) is 0.464.